The molecule has 0 bridgehead atoms. The Morgan fingerprint density at radius 3 is 2.29 bits per heavy atom. The van der Waals surface area contributed by atoms with E-state index in [9.17, 15) is 0 Å². The van der Waals surface area contributed by atoms with E-state index in [1.54, 1.807) is 0 Å². The van der Waals surface area contributed by atoms with Crippen molar-refractivity contribution < 1.29 is 0 Å². The number of hydrogen-bond acceptors (Lipinski definition) is 2. The van der Waals surface area contributed by atoms with Crippen molar-refractivity contribution in [3.63, 3.8) is 0 Å². The van der Waals surface area contributed by atoms with Crippen LogP contribution >= 0.6 is 0 Å². The van der Waals surface area contributed by atoms with Crippen LogP contribution in [0.2, 0.25) is 0 Å². The minimum atomic E-state index is 0.545. The molecule has 2 atom stereocenters. The average Bonchev–Trinajstić information content (AvgIpc) is 2.61. The van der Waals surface area contributed by atoms with E-state index in [0.717, 1.165) is 17.9 Å². The maximum absolute atomic E-state index is 3.80. The molecule has 2 nitrogen and oxygen atoms in total. The summed E-state index contributed by atoms with van der Waals surface area (Å²) in [5.74, 6) is 1.66. The third-order valence-electron chi connectivity index (χ3n) is 5.67. The Balaban J connectivity index is 1.96. The number of hydrogen-bond donors (Lipinski definition) is 1. The Morgan fingerprint density at radius 1 is 1.10 bits per heavy atom. The number of likely N-dealkylation sites (tertiary alicyclic amines) is 1. The SMILES string of the molecule is CC(C)CNCC1(CN2CC(C)CC2C)CCCCCC1. The standard InChI is InChI=1S/C19H38N2/c1-16(2)12-20-14-19(9-7-5-6-8-10-19)15-21-13-17(3)11-18(21)4/h16-18,20H,5-15H2,1-4H3. The van der Waals surface area contributed by atoms with Crippen LogP contribution in [0.4, 0.5) is 0 Å². The zero-order valence-electron chi connectivity index (χ0n) is 15.0. The minimum Gasteiger partial charge on any atom is -0.316 e. The van der Waals surface area contributed by atoms with E-state index in [1.165, 1.54) is 71.1 Å². The largest absolute Gasteiger partial charge is 0.316 e. The van der Waals surface area contributed by atoms with Crippen LogP contribution in [0.15, 0.2) is 0 Å². The summed E-state index contributed by atoms with van der Waals surface area (Å²) >= 11 is 0. The number of nitrogens with zero attached hydrogens (tertiary/aromatic N) is 1. The first-order chi connectivity index (χ1) is 10.0. The van der Waals surface area contributed by atoms with Crippen molar-refractivity contribution in [1.29, 1.82) is 0 Å². The van der Waals surface area contributed by atoms with Crippen LogP contribution in [-0.4, -0.2) is 37.1 Å². The van der Waals surface area contributed by atoms with Gasteiger partial charge in [0.25, 0.3) is 0 Å². The molecule has 0 aromatic carbocycles. The molecule has 0 amide bonds. The van der Waals surface area contributed by atoms with Gasteiger partial charge >= 0.3 is 0 Å². The summed E-state index contributed by atoms with van der Waals surface area (Å²) in [6.07, 6.45) is 10.1. The molecule has 0 aromatic rings. The van der Waals surface area contributed by atoms with E-state index in [0.29, 0.717) is 5.41 Å². The second kappa shape index (κ2) is 7.97. The summed E-state index contributed by atoms with van der Waals surface area (Å²) in [4.78, 5) is 2.80. The lowest BCUT2D eigenvalue weighted by atomic mass is 9.79. The maximum atomic E-state index is 3.80. The minimum absolute atomic E-state index is 0.545. The molecule has 1 aliphatic heterocycles. The molecular weight excluding hydrogens is 256 g/mol. The fraction of sp³-hybridized carbons (Fsp3) is 1.00. The van der Waals surface area contributed by atoms with Crippen molar-refractivity contribution >= 4 is 0 Å². The van der Waals surface area contributed by atoms with Crippen molar-refractivity contribution in [2.24, 2.45) is 17.3 Å². The molecule has 21 heavy (non-hydrogen) atoms. The van der Waals surface area contributed by atoms with Crippen LogP contribution in [0.25, 0.3) is 0 Å². The van der Waals surface area contributed by atoms with Crippen LogP contribution < -0.4 is 5.32 Å². The maximum Gasteiger partial charge on any atom is 0.00702 e. The lowest BCUT2D eigenvalue weighted by molar-refractivity contribution is 0.120. The summed E-state index contributed by atoms with van der Waals surface area (Å²) in [5.41, 5.74) is 0.545. The average molecular weight is 295 g/mol. The normalized spacial score (nSPS) is 30.7. The summed E-state index contributed by atoms with van der Waals surface area (Å²) in [6.45, 7) is 14.6. The first-order valence-electron chi connectivity index (χ1n) is 9.45. The highest BCUT2D eigenvalue weighted by Crippen LogP contribution is 2.37. The fourth-order valence-electron chi connectivity index (χ4n) is 4.53. The van der Waals surface area contributed by atoms with Crippen molar-refractivity contribution in [2.45, 2.75) is 78.7 Å². The van der Waals surface area contributed by atoms with Gasteiger partial charge in [-0.25, -0.2) is 0 Å². The lowest BCUT2D eigenvalue weighted by Gasteiger charge is -2.39. The summed E-state index contributed by atoms with van der Waals surface area (Å²) < 4.78 is 0. The Bertz CT molecular complexity index is 292. The zero-order chi connectivity index (χ0) is 15.3. The van der Waals surface area contributed by atoms with Gasteiger partial charge in [0.05, 0.1) is 0 Å². The van der Waals surface area contributed by atoms with Gasteiger partial charge in [-0.3, -0.25) is 4.90 Å². The zero-order valence-corrected chi connectivity index (χ0v) is 15.0. The quantitative estimate of drug-likeness (QED) is 0.735. The molecule has 2 aliphatic rings. The van der Waals surface area contributed by atoms with Gasteiger partial charge < -0.3 is 5.32 Å². The molecule has 2 rings (SSSR count). The molecule has 124 valence electrons. The molecule has 0 spiro atoms. The van der Waals surface area contributed by atoms with E-state index in [2.05, 4.69) is 37.9 Å². The van der Waals surface area contributed by atoms with Gasteiger partial charge in [-0.1, -0.05) is 46.5 Å². The first kappa shape index (κ1) is 17.3. The molecule has 2 unspecified atom stereocenters. The topological polar surface area (TPSA) is 15.3 Å². The van der Waals surface area contributed by atoms with E-state index < -0.39 is 0 Å². The highest BCUT2D eigenvalue weighted by Gasteiger charge is 2.36. The van der Waals surface area contributed by atoms with Gasteiger partial charge in [0, 0.05) is 25.7 Å². The summed E-state index contributed by atoms with van der Waals surface area (Å²) in [6, 6.07) is 0.797. The first-order valence-corrected chi connectivity index (χ1v) is 9.45. The van der Waals surface area contributed by atoms with E-state index in [4.69, 9.17) is 0 Å². The van der Waals surface area contributed by atoms with Crippen LogP contribution in [0.1, 0.15) is 72.6 Å². The predicted molar refractivity (Wildman–Crippen MR) is 92.7 cm³/mol. The molecule has 2 fully saturated rings. The van der Waals surface area contributed by atoms with Gasteiger partial charge in [-0.15, -0.1) is 0 Å². The van der Waals surface area contributed by atoms with Gasteiger partial charge in [0.2, 0.25) is 0 Å². The van der Waals surface area contributed by atoms with Crippen molar-refractivity contribution in [1.82, 2.24) is 10.2 Å². The van der Waals surface area contributed by atoms with E-state index in [-0.39, 0.29) is 0 Å². The highest BCUT2D eigenvalue weighted by atomic mass is 15.2. The molecular formula is C19H38N2. The number of nitrogens with one attached hydrogen (secondary N) is 1. The van der Waals surface area contributed by atoms with Crippen LogP contribution in [-0.2, 0) is 0 Å². The van der Waals surface area contributed by atoms with Gasteiger partial charge in [-0.05, 0) is 50.0 Å². The lowest BCUT2D eigenvalue weighted by Crippen LogP contribution is -2.45. The Hall–Kier alpha value is -0.0800. The van der Waals surface area contributed by atoms with E-state index in [1.807, 2.05) is 0 Å². The predicted octanol–water partition coefficient (Wildman–Crippen LogP) is 4.30. The molecule has 0 aromatic heterocycles. The van der Waals surface area contributed by atoms with Gasteiger partial charge in [-0.2, -0.15) is 0 Å². The van der Waals surface area contributed by atoms with Gasteiger partial charge in [0.1, 0.15) is 0 Å². The molecule has 1 N–H and O–H groups in total. The van der Waals surface area contributed by atoms with Crippen molar-refractivity contribution in [3.05, 3.63) is 0 Å². The summed E-state index contributed by atoms with van der Waals surface area (Å²) in [5, 5.41) is 3.80. The fourth-order valence-corrected chi connectivity index (χ4v) is 4.53. The Morgan fingerprint density at radius 2 is 1.76 bits per heavy atom. The van der Waals surface area contributed by atoms with Crippen molar-refractivity contribution in [2.75, 3.05) is 26.2 Å². The van der Waals surface area contributed by atoms with E-state index >= 15 is 0 Å². The molecule has 1 saturated heterocycles. The Labute approximate surface area is 133 Å². The second-order valence-electron chi connectivity index (χ2n) is 8.56. The Kier molecular flexibility index (Phi) is 6.55. The highest BCUT2D eigenvalue weighted by molar-refractivity contribution is 4.91. The van der Waals surface area contributed by atoms with Crippen molar-refractivity contribution in [3.8, 4) is 0 Å². The molecule has 0 radical (unpaired) electrons. The monoisotopic (exact) mass is 294 g/mol. The smallest absolute Gasteiger partial charge is 0.00702 e. The second-order valence-corrected chi connectivity index (χ2v) is 8.56. The molecule has 1 heterocycles. The third-order valence-corrected chi connectivity index (χ3v) is 5.67. The molecule has 2 heteroatoms. The third kappa shape index (κ3) is 5.25. The van der Waals surface area contributed by atoms with Crippen LogP contribution in [0, 0.1) is 17.3 Å². The number of rotatable bonds is 6. The molecule has 1 saturated carbocycles. The van der Waals surface area contributed by atoms with Crippen LogP contribution in [0.5, 0.6) is 0 Å². The van der Waals surface area contributed by atoms with Gasteiger partial charge in [0.15, 0.2) is 0 Å². The molecule has 1 aliphatic carbocycles. The summed E-state index contributed by atoms with van der Waals surface area (Å²) in [7, 11) is 0. The van der Waals surface area contributed by atoms with Crippen LogP contribution in [0.3, 0.4) is 0 Å².